The molecule has 0 bridgehead atoms. The molecule has 0 aliphatic rings. The molecule has 0 spiro atoms. The van der Waals surface area contributed by atoms with E-state index in [4.69, 9.17) is 18.9 Å². The molecule has 0 aliphatic heterocycles. The lowest BCUT2D eigenvalue weighted by molar-refractivity contribution is 0.208. The number of hydrogen-bond acceptors (Lipinski definition) is 5. The first-order chi connectivity index (χ1) is 19.0. The summed E-state index contributed by atoms with van der Waals surface area (Å²) in [5, 5.41) is 3.55. The lowest BCUT2D eigenvalue weighted by Crippen LogP contribution is -2.16. The quantitative estimate of drug-likeness (QED) is 0.177. The van der Waals surface area contributed by atoms with E-state index >= 15 is 0 Å². The maximum absolute atomic E-state index is 6.15. The summed E-state index contributed by atoms with van der Waals surface area (Å²) < 4.78 is 23.7. The monoisotopic (exact) mass is 525 g/mol. The van der Waals surface area contributed by atoms with E-state index in [1.165, 1.54) is 11.1 Å². The van der Waals surface area contributed by atoms with Gasteiger partial charge in [-0.1, -0.05) is 87.5 Å². The van der Waals surface area contributed by atoms with Crippen LogP contribution in [0.2, 0.25) is 0 Å². The third kappa shape index (κ3) is 9.38. The summed E-state index contributed by atoms with van der Waals surface area (Å²) in [5.41, 5.74) is 3.80. The lowest BCUT2D eigenvalue weighted by Gasteiger charge is -2.19. The molecule has 0 amide bonds. The van der Waals surface area contributed by atoms with E-state index < -0.39 is 0 Å². The van der Waals surface area contributed by atoms with Crippen LogP contribution in [0.1, 0.15) is 37.5 Å². The van der Waals surface area contributed by atoms with Crippen molar-refractivity contribution in [1.82, 2.24) is 5.32 Å². The van der Waals surface area contributed by atoms with E-state index in [1.54, 1.807) is 0 Å². The minimum Gasteiger partial charge on any atom is -0.490 e. The van der Waals surface area contributed by atoms with Crippen LogP contribution in [0, 0.1) is 0 Å². The van der Waals surface area contributed by atoms with Gasteiger partial charge in [-0.05, 0) is 46.9 Å². The lowest BCUT2D eigenvalue weighted by atomic mass is 9.87. The summed E-state index contributed by atoms with van der Waals surface area (Å²) in [6.45, 7) is 9.92. The molecule has 5 nitrogen and oxygen atoms in total. The van der Waals surface area contributed by atoms with Crippen molar-refractivity contribution in [2.45, 2.75) is 39.3 Å². The van der Waals surface area contributed by atoms with Crippen LogP contribution in [0.25, 0.3) is 0 Å². The largest absolute Gasteiger partial charge is 0.490 e. The number of benzene rings is 4. The molecule has 4 aromatic carbocycles. The first-order valence-corrected chi connectivity index (χ1v) is 13.5. The average molecular weight is 526 g/mol. The fraction of sp³-hybridized carbons (Fsp3) is 0.294. The normalized spacial score (nSPS) is 11.2. The van der Waals surface area contributed by atoms with Gasteiger partial charge in [0.2, 0.25) is 0 Å². The Morgan fingerprint density at radius 1 is 0.538 bits per heavy atom. The van der Waals surface area contributed by atoms with Gasteiger partial charge in [0, 0.05) is 24.7 Å². The second kappa shape index (κ2) is 14.3. The topological polar surface area (TPSA) is 49.0 Å². The Bertz CT molecular complexity index is 1250. The third-order valence-corrected chi connectivity index (χ3v) is 6.22. The fourth-order valence-corrected chi connectivity index (χ4v) is 4.03. The minimum absolute atomic E-state index is 0.153. The molecular weight excluding hydrogens is 486 g/mol. The van der Waals surface area contributed by atoms with E-state index in [9.17, 15) is 0 Å². The molecule has 204 valence electrons. The van der Waals surface area contributed by atoms with Crippen LogP contribution in [0.4, 0.5) is 0 Å². The van der Waals surface area contributed by atoms with Crippen LogP contribution in [0.3, 0.4) is 0 Å². The van der Waals surface area contributed by atoms with Crippen LogP contribution < -0.4 is 24.3 Å². The van der Waals surface area contributed by atoms with Gasteiger partial charge in [0.25, 0.3) is 0 Å². The standard InChI is InChI=1S/C34H39NO4/c1-34(2,3)29-17-14-27(15-18-29)25-35-26-28-16-19-32(38-21-20-36-30-10-6-4-7-11-30)24-33(28)39-23-22-37-31-12-8-5-9-13-31/h4-19,24,35H,20-23,25-26H2,1-3H3. The van der Waals surface area contributed by atoms with E-state index in [1.807, 2.05) is 72.8 Å². The molecule has 1 N–H and O–H groups in total. The minimum atomic E-state index is 0.153. The molecule has 0 saturated carbocycles. The number of rotatable bonds is 14. The summed E-state index contributed by atoms with van der Waals surface area (Å²) in [6, 6.07) is 34.3. The highest BCUT2D eigenvalue weighted by Crippen LogP contribution is 2.26. The van der Waals surface area contributed by atoms with Crippen LogP contribution in [-0.4, -0.2) is 26.4 Å². The van der Waals surface area contributed by atoms with Gasteiger partial charge in [0.1, 0.15) is 49.4 Å². The van der Waals surface area contributed by atoms with Crippen LogP contribution >= 0.6 is 0 Å². The zero-order valence-electron chi connectivity index (χ0n) is 23.2. The first kappa shape index (κ1) is 28.1. The maximum Gasteiger partial charge on any atom is 0.127 e. The van der Waals surface area contributed by atoms with Crippen LogP contribution in [-0.2, 0) is 18.5 Å². The second-order valence-corrected chi connectivity index (χ2v) is 10.3. The summed E-state index contributed by atoms with van der Waals surface area (Å²) in [5.74, 6) is 3.19. The summed E-state index contributed by atoms with van der Waals surface area (Å²) in [4.78, 5) is 0. The van der Waals surface area contributed by atoms with Crippen molar-refractivity contribution in [3.8, 4) is 23.0 Å². The molecule has 0 heterocycles. The van der Waals surface area contributed by atoms with E-state index in [2.05, 4.69) is 56.4 Å². The Morgan fingerprint density at radius 2 is 1.08 bits per heavy atom. The van der Waals surface area contributed by atoms with Crippen LogP contribution in [0.15, 0.2) is 103 Å². The molecule has 0 unspecified atom stereocenters. The molecule has 0 aliphatic carbocycles. The average Bonchev–Trinajstić information content (AvgIpc) is 2.95. The van der Waals surface area contributed by atoms with Crippen molar-refractivity contribution in [3.05, 3.63) is 120 Å². The van der Waals surface area contributed by atoms with Crippen molar-refractivity contribution < 1.29 is 18.9 Å². The van der Waals surface area contributed by atoms with E-state index in [0.29, 0.717) is 33.0 Å². The van der Waals surface area contributed by atoms with Crippen molar-refractivity contribution >= 4 is 0 Å². The van der Waals surface area contributed by atoms with Gasteiger partial charge < -0.3 is 24.3 Å². The number of nitrogens with one attached hydrogen (secondary N) is 1. The Hall–Kier alpha value is -3.96. The van der Waals surface area contributed by atoms with E-state index in [0.717, 1.165) is 35.1 Å². The van der Waals surface area contributed by atoms with Crippen molar-refractivity contribution in [3.63, 3.8) is 0 Å². The highest BCUT2D eigenvalue weighted by molar-refractivity contribution is 5.41. The first-order valence-electron chi connectivity index (χ1n) is 13.5. The highest BCUT2D eigenvalue weighted by Gasteiger charge is 2.13. The Kier molecular flexibility index (Phi) is 10.3. The van der Waals surface area contributed by atoms with Crippen LogP contribution in [0.5, 0.6) is 23.0 Å². The molecule has 4 rings (SSSR count). The summed E-state index contributed by atoms with van der Waals surface area (Å²) in [6.07, 6.45) is 0. The van der Waals surface area contributed by atoms with Crippen molar-refractivity contribution in [2.75, 3.05) is 26.4 Å². The van der Waals surface area contributed by atoms with Gasteiger partial charge in [0.05, 0.1) is 0 Å². The van der Waals surface area contributed by atoms with Gasteiger partial charge >= 0.3 is 0 Å². The fourth-order valence-electron chi connectivity index (χ4n) is 4.03. The van der Waals surface area contributed by atoms with Gasteiger partial charge in [-0.2, -0.15) is 0 Å². The molecule has 0 radical (unpaired) electrons. The van der Waals surface area contributed by atoms with Gasteiger partial charge in [-0.15, -0.1) is 0 Å². The molecule has 0 aromatic heterocycles. The predicted octanol–water partition coefficient (Wildman–Crippen LogP) is 7.19. The molecular formula is C34H39NO4. The maximum atomic E-state index is 6.15. The molecule has 5 heteroatoms. The Balaban J connectivity index is 1.32. The van der Waals surface area contributed by atoms with E-state index in [-0.39, 0.29) is 5.41 Å². The Labute approximate surface area is 232 Å². The van der Waals surface area contributed by atoms with Crippen molar-refractivity contribution in [1.29, 1.82) is 0 Å². The highest BCUT2D eigenvalue weighted by atomic mass is 16.5. The molecule has 0 saturated heterocycles. The zero-order valence-corrected chi connectivity index (χ0v) is 23.2. The SMILES string of the molecule is CC(C)(C)c1ccc(CNCc2ccc(OCCOc3ccccc3)cc2OCCOc2ccccc2)cc1. The number of para-hydroxylation sites is 2. The second-order valence-electron chi connectivity index (χ2n) is 10.3. The number of hydrogen-bond donors (Lipinski definition) is 1. The Morgan fingerprint density at radius 3 is 1.64 bits per heavy atom. The molecule has 39 heavy (non-hydrogen) atoms. The van der Waals surface area contributed by atoms with Gasteiger partial charge in [-0.3, -0.25) is 0 Å². The third-order valence-electron chi connectivity index (χ3n) is 6.22. The van der Waals surface area contributed by atoms with Gasteiger partial charge in [-0.25, -0.2) is 0 Å². The molecule has 0 atom stereocenters. The van der Waals surface area contributed by atoms with Gasteiger partial charge in [0.15, 0.2) is 0 Å². The number of ether oxygens (including phenoxy) is 4. The summed E-state index contributed by atoms with van der Waals surface area (Å²) in [7, 11) is 0. The smallest absolute Gasteiger partial charge is 0.127 e. The molecule has 4 aromatic rings. The predicted molar refractivity (Wildman–Crippen MR) is 157 cm³/mol. The summed E-state index contributed by atoms with van der Waals surface area (Å²) >= 11 is 0. The zero-order chi connectivity index (χ0) is 27.3. The molecule has 0 fully saturated rings. The van der Waals surface area contributed by atoms with Crippen molar-refractivity contribution in [2.24, 2.45) is 0 Å².